The summed E-state index contributed by atoms with van der Waals surface area (Å²) in [5.74, 6) is 0.319. The minimum atomic E-state index is -0.534. The van der Waals surface area contributed by atoms with Crippen LogP contribution in [-0.2, 0) is 4.79 Å². The van der Waals surface area contributed by atoms with E-state index < -0.39 is 4.75 Å². The minimum absolute atomic E-state index is 0.0429. The number of aliphatic imine (C=N–C) groups is 1. The first-order valence-corrected chi connectivity index (χ1v) is 11.6. The van der Waals surface area contributed by atoms with E-state index in [2.05, 4.69) is 16.9 Å². The Morgan fingerprint density at radius 1 is 1.29 bits per heavy atom. The van der Waals surface area contributed by atoms with E-state index in [-0.39, 0.29) is 23.5 Å². The highest BCUT2D eigenvalue weighted by Gasteiger charge is 2.43. The predicted octanol–water partition coefficient (Wildman–Crippen LogP) is 5.02. The van der Waals surface area contributed by atoms with E-state index in [9.17, 15) is 14.0 Å². The van der Waals surface area contributed by atoms with Crippen molar-refractivity contribution in [2.24, 2.45) is 10.9 Å². The highest BCUT2D eigenvalue weighted by atomic mass is 32.2. The number of piperidine rings is 1. The average Bonchev–Trinajstić information content (AvgIpc) is 3.37. The first-order valence-electron chi connectivity index (χ1n) is 10.8. The molecular weight excluding hydrogens is 413 g/mol. The molecule has 0 saturated carbocycles. The molecule has 2 aliphatic heterocycles. The van der Waals surface area contributed by atoms with Crippen LogP contribution in [0.5, 0.6) is 0 Å². The molecule has 1 N–H and O–H groups in total. The van der Waals surface area contributed by atoms with Crippen LogP contribution in [0.3, 0.4) is 0 Å². The molecular formula is C24H28FN3O2S. The maximum Gasteiger partial charge on any atom is 0.270 e. The molecule has 2 aromatic rings. The number of nitrogens with zero attached hydrogens (tertiary/aromatic N) is 2. The van der Waals surface area contributed by atoms with Crippen molar-refractivity contribution in [2.75, 3.05) is 13.1 Å². The van der Waals surface area contributed by atoms with E-state index in [0.717, 1.165) is 29.9 Å². The van der Waals surface area contributed by atoms with Gasteiger partial charge in [0.15, 0.2) is 0 Å². The van der Waals surface area contributed by atoms with Gasteiger partial charge in [0, 0.05) is 25.7 Å². The van der Waals surface area contributed by atoms with Gasteiger partial charge in [-0.1, -0.05) is 30.8 Å². The van der Waals surface area contributed by atoms with Gasteiger partial charge in [-0.15, -0.1) is 0 Å². The zero-order valence-electron chi connectivity index (χ0n) is 17.9. The monoisotopic (exact) mass is 441 g/mol. The molecule has 1 saturated heterocycles. The van der Waals surface area contributed by atoms with Crippen LogP contribution in [0.2, 0.25) is 0 Å². The van der Waals surface area contributed by atoms with Crippen LogP contribution in [0, 0.1) is 11.7 Å². The van der Waals surface area contributed by atoms with E-state index in [0.29, 0.717) is 31.1 Å². The number of thioether (sulfide) groups is 1. The minimum Gasteiger partial charge on any atom is -0.357 e. The Kier molecular flexibility index (Phi) is 6.32. The fourth-order valence-corrected chi connectivity index (χ4v) is 5.90. The van der Waals surface area contributed by atoms with Gasteiger partial charge >= 0.3 is 0 Å². The molecule has 2 atom stereocenters. The fraction of sp³-hybridized carbons (Fsp3) is 0.458. The Balaban J connectivity index is 1.30. The number of halogens is 1. The molecule has 2 aliphatic rings. The normalized spacial score (nSPS) is 23.1. The first-order chi connectivity index (χ1) is 14.8. The zero-order valence-corrected chi connectivity index (χ0v) is 18.8. The van der Waals surface area contributed by atoms with Gasteiger partial charge in [-0.3, -0.25) is 9.59 Å². The Bertz CT molecular complexity index is 965. The number of rotatable bonds is 6. The van der Waals surface area contributed by atoms with E-state index in [4.69, 9.17) is 0 Å². The summed E-state index contributed by atoms with van der Waals surface area (Å²) in [5, 5.41) is 0.865. The summed E-state index contributed by atoms with van der Waals surface area (Å²) in [5.41, 5.74) is 1.67. The SMILES string of the molecule is C[C@H](CC1=NC(=O)[C@@](C)(CC2CCN(C(=O)c3ccc[nH]3)CC2)S1)c1ccc(F)cc1. The predicted molar refractivity (Wildman–Crippen MR) is 122 cm³/mol. The Morgan fingerprint density at radius 2 is 2.00 bits per heavy atom. The second-order valence-electron chi connectivity index (χ2n) is 8.82. The van der Waals surface area contributed by atoms with Gasteiger partial charge in [0.2, 0.25) is 0 Å². The summed E-state index contributed by atoms with van der Waals surface area (Å²) in [6.07, 6.45) is 5.02. The van der Waals surface area contributed by atoms with Gasteiger partial charge in [-0.25, -0.2) is 9.38 Å². The van der Waals surface area contributed by atoms with E-state index in [1.807, 2.05) is 17.9 Å². The van der Waals surface area contributed by atoms with Crippen molar-refractivity contribution in [3.05, 3.63) is 59.7 Å². The average molecular weight is 442 g/mol. The summed E-state index contributed by atoms with van der Waals surface area (Å²) in [6.45, 7) is 5.50. The van der Waals surface area contributed by atoms with Crippen LogP contribution in [0.4, 0.5) is 4.39 Å². The second-order valence-corrected chi connectivity index (χ2v) is 10.4. The fourth-order valence-electron chi connectivity index (χ4n) is 4.47. The Hall–Kier alpha value is -2.41. The molecule has 0 radical (unpaired) electrons. The Morgan fingerprint density at radius 3 is 2.65 bits per heavy atom. The maximum absolute atomic E-state index is 13.2. The highest BCUT2D eigenvalue weighted by molar-refractivity contribution is 8.16. The molecule has 1 aromatic heterocycles. The van der Waals surface area contributed by atoms with Gasteiger partial charge < -0.3 is 9.88 Å². The molecule has 31 heavy (non-hydrogen) atoms. The topological polar surface area (TPSA) is 65.5 Å². The maximum atomic E-state index is 13.2. The van der Waals surface area contributed by atoms with Crippen LogP contribution in [0.1, 0.15) is 61.5 Å². The lowest BCUT2D eigenvalue weighted by molar-refractivity contribution is -0.119. The third kappa shape index (κ3) is 4.92. The molecule has 0 aliphatic carbocycles. The molecule has 4 rings (SSSR count). The van der Waals surface area contributed by atoms with Crippen molar-refractivity contribution >= 4 is 28.6 Å². The number of hydrogen-bond acceptors (Lipinski definition) is 3. The number of likely N-dealkylation sites (tertiary alicyclic amines) is 1. The molecule has 5 nitrogen and oxygen atoms in total. The third-order valence-corrected chi connectivity index (χ3v) is 7.64. The largest absolute Gasteiger partial charge is 0.357 e. The van der Waals surface area contributed by atoms with E-state index >= 15 is 0 Å². The van der Waals surface area contributed by atoms with Crippen molar-refractivity contribution in [3.63, 3.8) is 0 Å². The molecule has 1 fully saturated rings. The van der Waals surface area contributed by atoms with E-state index in [1.54, 1.807) is 36.2 Å². The molecule has 1 aromatic carbocycles. The number of nitrogens with one attached hydrogen (secondary N) is 1. The molecule has 164 valence electrons. The molecule has 0 spiro atoms. The van der Waals surface area contributed by atoms with Crippen molar-refractivity contribution in [3.8, 4) is 0 Å². The number of carbonyl (C=O) groups excluding carboxylic acids is 2. The summed E-state index contributed by atoms with van der Waals surface area (Å²) < 4.78 is 12.6. The molecule has 7 heteroatoms. The number of aromatic amines is 1. The van der Waals surface area contributed by atoms with Gasteiger partial charge in [0.05, 0.1) is 5.04 Å². The van der Waals surface area contributed by atoms with Gasteiger partial charge in [-0.2, -0.15) is 0 Å². The van der Waals surface area contributed by atoms with Crippen LogP contribution in [-0.4, -0.2) is 44.6 Å². The third-order valence-electron chi connectivity index (χ3n) is 6.35. The number of H-pyrrole nitrogens is 1. The molecule has 2 amide bonds. The van der Waals surface area contributed by atoms with Gasteiger partial charge in [0.1, 0.15) is 16.3 Å². The molecule has 0 bridgehead atoms. The Labute approximate surface area is 186 Å². The number of hydrogen-bond donors (Lipinski definition) is 1. The number of amides is 2. The summed E-state index contributed by atoms with van der Waals surface area (Å²) in [7, 11) is 0. The summed E-state index contributed by atoms with van der Waals surface area (Å²) >= 11 is 1.59. The quantitative estimate of drug-likeness (QED) is 0.684. The zero-order chi connectivity index (χ0) is 22.0. The summed E-state index contributed by atoms with van der Waals surface area (Å²) in [4.78, 5) is 34.5. The number of benzene rings is 1. The van der Waals surface area contributed by atoms with Gasteiger partial charge in [0.25, 0.3) is 11.8 Å². The van der Waals surface area contributed by atoms with Crippen molar-refractivity contribution in [1.82, 2.24) is 9.88 Å². The van der Waals surface area contributed by atoms with Crippen molar-refractivity contribution in [2.45, 2.75) is 50.2 Å². The number of aromatic nitrogens is 1. The van der Waals surface area contributed by atoms with Crippen LogP contribution < -0.4 is 0 Å². The first kappa shape index (κ1) is 21.8. The highest BCUT2D eigenvalue weighted by Crippen LogP contribution is 2.43. The van der Waals surface area contributed by atoms with Crippen molar-refractivity contribution in [1.29, 1.82) is 0 Å². The second kappa shape index (κ2) is 8.99. The molecule has 0 unspecified atom stereocenters. The van der Waals surface area contributed by atoms with Crippen molar-refractivity contribution < 1.29 is 14.0 Å². The van der Waals surface area contributed by atoms with Crippen LogP contribution >= 0.6 is 11.8 Å². The lowest BCUT2D eigenvalue weighted by atomic mass is 9.87. The summed E-state index contributed by atoms with van der Waals surface area (Å²) in [6, 6.07) is 10.2. The lowest BCUT2D eigenvalue weighted by Crippen LogP contribution is -2.41. The number of carbonyl (C=O) groups is 2. The van der Waals surface area contributed by atoms with Gasteiger partial charge in [-0.05, 0) is 67.9 Å². The van der Waals surface area contributed by atoms with E-state index in [1.165, 1.54) is 12.1 Å². The van der Waals surface area contributed by atoms with Crippen LogP contribution in [0.15, 0.2) is 47.6 Å². The lowest BCUT2D eigenvalue weighted by Gasteiger charge is -2.34. The molecule has 3 heterocycles. The standard InChI is InChI=1S/C24H28FN3O2S/c1-16(18-5-7-19(25)8-6-18)14-21-27-23(30)24(2,31-21)15-17-9-12-28(13-10-17)22(29)20-4-3-11-26-20/h3-8,11,16-17,26H,9-10,12-15H2,1-2H3/t16-,24-/m1/s1. The van der Waals surface area contributed by atoms with Crippen LogP contribution in [0.25, 0.3) is 0 Å². The smallest absolute Gasteiger partial charge is 0.270 e.